The van der Waals surface area contributed by atoms with Gasteiger partial charge in [-0.3, -0.25) is 4.79 Å². The zero-order valence-corrected chi connectivity index (χ0v) is 10.3. The molecule has 0 atom stereocenters. The Morgan fingerprint density at radius 1 is 1.22 bits per heavy atom. The van der Waals surface area contributed by atoms with E-state index in [-0.39, 0.29) is 10.6 Å². The van der Waals surface area contributed by atoms with Crippen LogP contribution in [0.1, 0.15) is 0 Å². The largest absolute Gasteiger partial charge is 0.478 e. The molecule has 1 rings (SSSR count). The first kappa shape index (κ1) is 13.9. The molecule has 0 aromatic heterocycles. The Morgan fingerprint density at radius 2 is 1.83 bits per heavy atom. The second-order valence-corrected chi connectivity index (χ2v) is 5.41. The molecular formula is C11H11NO5S. The number of benzene rings is 1. The van der Waals surface area contributed by atoms with Gasteiger partial charge in [0, 0.05) is 18.4 Å². The van der Waals surface area contributed by atoms with E-state index >= 15 is 0 Å². The fourth-order valence-corrected chi connectivity index (χ4v) is 2.06. The molecule has 0 aliphatic heterocycles. The van der Waals surface area contributed by atoms with Crippen LogP contribution in [0.4, 0.5) is 5.69 Å². The number of nitrogens with one attached hydrogen (secondary N) is 1. The second-order valence-electron chi connectivity index (χ2n) is 3.43. The average Bonchev–Trinajstić information content (AvgIpc) is 2.25. The van der Waals surface area contributed by atoms with Gasteiger partial charge in [-0.15, -0.1) is 0 Å². The highest BCUT2D eigenvalue weighted by Crippen LogP contribution is 2.20. The van der Waals surface area contributed by atoms with Gasteiger partial charge in [0.25, 0.3) is 0 Å². The van der Waals surface area contributed by atoms with Gasteiger partial charge < -0.3 is 10.4 Å². The van der Waals surface area contributed by atoms with Crippen LogP contribution >= 0.6 is 0 Å². The Kier molecular flexibility index (Phi) is 4.22. The SMILES string of the molecule is CS(=O)(=O)c1ccccc1NC(=O)/C=C/C(=O)O. The number of hydrogen-bond acceptors (Lipinski definition) is 4. The van der Waals surface area contributed by atoms with Crippen molar-refractivity contribution in [1.29, 1.82) is 0 Å². The molecule has 0 saturated heterocycles. The van der Waals surface area contributed by atoms with Crippen LogP contribution in [0.5, 0.6) is 0 Å². The first-order chi connectivity index (χ1) is 8.30. The van der Waals surface area contributed by atoms with E-state index in [1.807, 2.05) is 0 Å². The number of carboxylic acid groups (broad SMARTS) is 1. The Morgan fingerprint density at radius 3 is 2.39 bits per heavy atom. The molecule has 0 bridgehead atoms. The molecule has 0 saturated carbocycles. The minimum absolute atomic E-state index is 0.0259. The molecule has 0 spiro atoms. The zero-order chi connectivity index (χ0) is 13.8. The third kappa shape index (κ3) is 4.02. The van der Waals surface area contributed by atoms with Crippen LogP contribution in [0.3, 0.4) is 0 Å². The van der Waals surface area contributed by atoms with Crippen LogP contribution in [-0.4, -0.2) is 31.7 Å². The van der Waals surface area contributed by atoms with Gasteiger partial charge in [-0.25, -0.2) is 13.2 Å². The van der Waals surface area contributed by atoms with E-state index in [0.29, 0.717) is 6.08 Å². The molecule has 1 amide bonds. The first-order valence-electron chi connectivity index (χ1n) is 4.82. The van der Waals surface area contributed by atoms with Crippen molar-refractivity contribution < 1.29 is 23.1 Å². The minimum Gasteiger partial charge on any atom is -0.478 e. The molecule has 18 heavy (non-hydrogen) atoms. The third-order valence-electron chi connectivity index (χ3n) is 1.92. The number of carboxylic acids is 1. The van der Waals surface area contributed by atoms with E-state index in [2.05, 4.69) is 5.32 Å². The molecule has 0 unspecified atom stereocenters. The van der Waals surface area contributed by atoms with E-state index in [4.69, 9.17) is 5.11 Å². The second kappa shape index (κ2) is 5.46. The number of anilines is 1. The van der Waals surface area contributed by atoms with Crippen LogP contribution in [0.25, 0.3) is 0 Å². The molecule has 7 heteroatoms. The summed E-state index contributed by atoms with van der Waals surface area (Å²) in [6.45, 7) is 0. The van der Waals surface area contributed by atoms with Gasteiger partial charge in [0.2, 0.25) is 5.91 Å². The highest BCUT2D eigenvalue weighted by atomic mass is 32.2. The molecule has 0 aliphatic rings. The quantitative estimate of drug-likeness (QED) is 0.782. The van der Waals surface area contributed by atoms with Crippen LogP contribution in [0, 0.1) is 0 Å². The van der Waals surface area contributed by atoms with Crippen LogP contribution in [0.2, 0.25) is 0 Å². The molecule has 0 radical (unpaired) electrons. The Labute approximate surface area is 104 Å². The fraction of sp³-hybridized carbons (Fsp3) is 0.0909. The molecule has 1 aromatic carbocycles. The van der Waals surface area contributed by atoms with Crippen molar-refractivity contribution in [3.63, 3.8) is 0 Å². The number of para-hydroxylation sites is 1. The zero-order valence-electron chi connectivity index (χ0n) is 9.45. The van der Waals surface area contributed by atoms with Crippen molar-refractivity contribution in [3.05, 3.63) is 36.4 Å². The minimum atomic E-state index is -3.47. The van der Waals surface area contributed by atoms with Crippen molar-refractivity contribution in [2.75, 3.05) is 11.6 Å². The van der Waals surface area contributed by atoms with Crippen LogP contribution in [0.15, 0.2) is 41.3 Å². The highest BCUT2D eigenvalue weighted by Gasteiger charge is 2.13. The summed E-state index contributed by atoms with van der Waals surface area (Å²) in [5.41, 5.74) is 0.111. The van der Waals surface area contributed by atoms with Gasteiger partial charge in [0.05, 0.1) is 10.6 Å². The summed E-state index contributed by atoms with van der Waals surface area (Å²) in [4.78, 5) is 21.5. The topological polar surface area (TPSA) is 101 Å². The molecule has 2 N–H and O–H groups in total. The molecule has 96 valence electrons. The lowest BCUT2D eigenvalue weighted by molar-refractivity contribution is -0.131. The number of carbonyl (C=O) groups excluding carboxylic acids is 1. The number of carbonyl (C=O) groups is 2. The van der Waals surface area contributed by atoms with Gasteiger partial charge in [-0.05, 0) is 12.1 Å². The normalized spacial score (nSPS) is 11.4. The maximum absolute atomic E-state index is 11.4. The van der Waals surface area contributed by atoms with E-state index in [1.54, 1.807) is 6.07 Å². The van der Waals surface area contributed by atoms with E-state index in [9.17, 15) is 18.0 Å². The van der Waals surface area contributed by atoms with Gasteiger partial charge >= 0.3 is 5.97 Å². The van der Waals surface area contributed by atoms with Crippen LogP contribution in [-0.2, 0) is 19.4 Å². The predicted molar refractivity (Wildman–Crippen MR) is 65.0 cm³/mol. The molecule has 0 fully saturated rings. The highest BCUT2D eigenvalue weighted by molar-refractivity contribution is 7.90. The molecule has 0 aliphatic carbocycles. The number of aliphatic carboxylic acids is 1. The Hall–Kier alpha value is -2.15. The van der Waals surface area contributed by atoms with Gasteiger partial charge in [-0.2, -0.15) is 0 Å². The number of rotatable bonds is 4. The summed E-state index contributed by atoms with van der Waals surface area (Å²) in [5, 5.41) is 10.7. The van der Waals surface area contributed by atoms with Crippen LogP contribution < -0.4 is 5.32 Å². The number of sulfone groups is 1. The lowest BCUT2D eigenvalue weighted by Gasteiger charge is -2.07. The smallest absolute Gasteiger partial charge is 0.328 e. The van der Waals surface area contributed by atoms with E-state index in [0.717, 1.165) is 12.3 Å². The molecule has 6 nitrogen and oxygen atoms in total. The lowest BCUT2D eigenvalue weighted by Crippen LogP contribution is -2.12. The summed E-state index contributed by atoms with van der Waals surface area (Å²) in [6, 6.07) is 5.86. The molecule has 0 heterocycles. The van der Waals surface area contributed by atoms with Crippen molar-refractivity contribution in [2.45, 2.75) is 4.90 Å². The third-order valence-corrected chi connectivity index (χ3v) is 3.08. The monoisotopic (exact) mass is 269 g/mol. The van der Waals surface area contributed by atoms with E-state index < -0.39 is 21.7 Å². The lowest BCUT2D eigenvalue weighted by atomic mass is 10.3. The van der Waals surface area contributed by atoms with Crippen molar-refractivity contribution in [3.8, 4) is 0 Å². The van der Waals surface area contributed by atoms with Crippen molar-refractivity contribution >= 4 is 27.4 Å². The van der Waals surface area contributed by atoms with E-state index in [1.165, 1.54) is 18.2 Å². The average molecular weight is 269 g/mol. The Bertz CT molecular complexity index is 604. The number of hydrogen-bond donors (Lipinski definition) is 2. The standard InChI is InChI=1S/C11H11NO5S/c1-18(16,17)9-5-3-2-4-8(9)12-10(13)6-7-11(14)15/h2-7H,1H3,(H,12,13)(H,14,15)/b7-6+. The van der Waals surface area contributed by atoms with Gasteiger partial charge in [0.15, 0.2) is 9.84 Å². The molecule has 1 aromatic rings. The maximum atomic E-state index is 11.4. The number of amides is 1. The summed E-state index contributed by atoms with van der Waals surface area (Å²) in [6.07, 6.45) is 2.49. The summed E-state index contributed by atoms with van der Waals surface area (Å²) < 4.78 is 22.9. The summed E-state index contributed by atoms with van der Waals surface area (Å²) in [5.74, 6) is -1.98. The maximum Gasteiger partial charge on any atom is 0.328 e. The first-order valence-corrected chi connectivity index (χ1v) is 6.71. The van der Waals surface area contributed by atoms with Crippen molar-refractivity contribution in [1.82, 2.24) is 0 Å². The summed E-state index contributed by atoms with van der Waals surface area (Å²) in [7, 11) is -3.47. The predicted octanol–water partition coefficient (Wildman–Crippen LogP) is 0.669. The fourth-order valence-electron chi connectivity index (χ4n) is 1.21. The van der Waals surface area contributed by atoms with Gasteiger partial charge in [-0.1, -0.05) is 12.1 Å². The van der Waals surface area contributed by atoms with Crippen molar-refractivity contribution in [2.24, 2.45) is 0 Å². The van der Waals surface area contributed by atoms with Gasteiger partial charge in [0.1, 0.15) is 0 Å². The molecular weight excluding hydrogens is 258 g/mol. The summed E-state index contributed by atoms with van der Waals surface area (Å²) >= 11 is 0. The Balaban J connectivity index is 2.99.